The van der Waals surface area contributed by atoms with E-state index in [0.717, 1.165) is 89.5 Å². The number of nitrogens with zero attached hydrogens (tertiary/aromatic N) is 3. The van der Waals surface area contributed by atoms with Crippen molar-refractivity contribution >= 4 is 11.2 Å². The summed E-state index contributed by atoms with van der Waals surface area (Å²) in [6, 6.07) is 11.0. The van der Waals surface area contributed by atoms with Gasteiger partial charge in [0.05, 0.1) is 64.9 Å². The van der Waals surface area contributed by atoms with E-state index < -0.39 is 0 Å². The van der Waals surface area contributed by atoms with Gasteiger partial charge in [0.1, 0.15) is 22.7 Å². The molecule has 3 heterocycles. The van der Waals surface area contributed by atoms with Crippen LogP contribution in [0.4, 0.5) is 5.69 Å². The maximum Gasteiger partial charge on any atom is 0.182 e. The number of benzene rings is 1. The first-order chi connectivity index (χ1) is 17.5. The van der Waals surface area contributed by atoms with E-state index in [1.165, 1.54) is 5.69 Å². The number of aromatic nitrogens is 2. The van der Waals surface area contributed by atoms with Crippen LogP contribution >= 0.6 is 0 Å². The summed E-state index contributed by atoms with van der Waals surface area (Å²) >= 11 is 0. The van der Waals surface area contributed by atoms with Crippen LogP contribution < -0.4 is 14.0 Å². The van der Waals surface area contributed by atoms with Crippen molar-refractivity contribution in [3.05, 3.63) is 41.6 Å². The van der Waals surface area contributed by atoms with E-state index >= 15 is 0 Å². The smallest absolute Gasteiger partial charge is 0.182 e. The molecule has 0 N–H and O–H groups in total. The molecule has 0 amide bonds. The Bertz CT molecular complexity index is 1140. The number of pyridine rings is 1. The van der Waals surface area contributed by atoms with Gasteiger partial charge in [-0.15, -0.1) is 0 Å². The van der Waals surface area contributed by atoms with Crippen molar-refractivity contribution in [3.8, 4) is 22.8 Å². The summed E-state index contributed by atoms with van der Waals surface area (Å²) in [5, 5.41) is 5.21. The summed E-state index contributed by atoms with van der Waals surface area (Å²) in [7, 11) is 5.80. The normalized spacial score (nSPS) is 16.3. The number of hydrogen-bond donors (Lipinski definition) is 0. The van der Waals surface area contributed by atoms with Crippen LogP contribution in [0.2, 0.25) is 0 Å². The third kappa shape index (κ3) is 4.84. The van der Waals surface area contributed by atoms with Crippen molar-refractivity contribution in [2.45, 2.75) is 59.1 Å². The Morgan fingerprint density at radius 2 is 1.75 bits per heavy atom. The van der Waals surface area contributed by atoms with E-state index in [2.05, 4.69) is 43.6 Å². The predicted octanol–water partition coefficient (Wildman–Crippen LogP) is 5.64. The second kappa shape index (κ2) is 11.6. The van der Waals surface area contributed by atoms with Gasteiger partial charge in [0.15, 0.2) is 5.69 Å². The van der Waals surface area contributed by atoms with Crippen molar-refractivity contribution in [2.24, 2.45) is 0 Å². The van der Waals surface area contributed by atoms with E-state index in [0.29, 0.717) is 19.3 Å². The van der Waals surface area contributed by atoms with Crippen LogP contribution in [0.5, 0.6) is 11.5 Å². The highest BCUT2D eigenvalue weighted by Crippen LogP contribution is 2.43. The third-order valence-corrected chi connectivity index (χ3v) is 7.53. The van der Waals surface area contributed by atoms with E-state index in [-0.39, 0.29) is 0 Å². The highest BCUT2D eigenvalue weighted by atomic mass is 16.5. The second-order valence-corrected chi connectivity index (χ2v) is 9.70. The zero-order valence-electron chi connectivity index (χ0n) is 22.8. The second-order valence-electron chi connectivity index (χ2n) is 9.70. The summed E-state index contributed by atoms with van der Waals surface area (Å²) in [5.41, 5.74) is 6.51. The van der Waals surface area contributed by atoms with Crippen LogP contribution in [0, 0.1) is 0 Å². The number of quaternary nitrogens is 1. The minimum Gasteiger partial charge on any atom is -0.496 e. The first-order valence-electron chi connectivity index (χ1n) is 13.3. The molecule has 1 aromatic carbocycles. The lowest BCUT2D eigenvalue weighted by Gasteiger charge is -2.42. The summed E-state index contributed by atoms with van der Waals surface area (Å²) in [6.07, 6.45) is 4.12. The molecule has 4 rings (SSSR count). The van der Waals surface area contributed by atoms with Gasteiger partial charge in [0, 0.05) is 19.4 Å². The molecule has 36 heavy (non-hydrogen) atoms. The lowest BCUT2D eigenvalue weighted by atomic mass is 10.0. The molecular weight excluding hydrogens is 454 g/mol. The van der Waals surface area contributed by atoms with Gasteiger partial charge in [-0.2, -0.15) is 5.10 Å². The Labute approximate surface area is 215 Å². The van der Waals surface area contributed by atoms with E-state index in [1.807, 2.05) is 19.1 Å². The van der Waals surface area contributed by atoms with Gasteiger partial charge in [-0.3, -0.25) is 4.48 Å². The lowest BCUT2D eigenvalue weighted by Crippen LogP contribution is -2.56. The molecule has 0 bridgehead atoms. The summed E-state index contributed by atoms with van der Waals surface area (Å²) < 4.78 is 26.1. The molecule has 1 aliphatic rings. The largest absolute Gasteiger partial charge is 0.496 e. The van der Waals surface area contributed by atoms with Crippen molar-refractivity contribution in [2.75, 3.05) is 47.6 Å². The van der Waals surface area contributed by atoms with Crippen LogP contribution in [0.3, 0.4) is 0 Å². The number of rotatable bonds is 11. The fourth-order valence-electron chi connectivity index (χ4n) is 5.81. The Morgan fingerprint density at radius 3 is 2.33 bits per heavy atom. The van der Waals surface area contributed by atoms with Gasteiger partial charge >= 0.3 is 0 Å². The maximum absolute atomic E-state index is 5.88. The topological polar surface area (TPSA) is 54.2 Å². The minimum atomic E-state index is 0.511. The monoisotopic (exact) mass is 496 g/mol. The summed E-state index contributed by atoms with van der Waals surface area (Å²) in [5.74, 6) is 1.50. The van der Waals surface area contributed by atoms with Crippen molar-refractivity contribution < 1.29 is 18.9 Å². The van der Waals surface area contributed by atoms with Gasteiger partial charge in [-0.1, -0.05) is 19.9 Å². The highest BCUT2D eigenvalue weighted by molar-refractivity contribution is 5.82. The Balaban J connectivity index is 1.94. The molecule has 7 nitrogen and oxygen atoms in total. The molecule has 0 spiro atoms. The van der Waals surface area contributed by atoms with Crippen LogP contribution in [-0.2, 0) is 22.5 Å². The van der Waals surface area contributed by atoms with Crippen LogP contribution in [0.25, 0.3) is 16.8 Å². The minimum absolute atomic E-state index is 0.511. The standard InChI is InChI=1S/C29H42N3O4/c1-7-15-32(4,22-13-16-36-17-14-22)29-23(8-2)30-31-24(11-10-12-25(29)31)28-26(33-5)18-21(20-35-9-3)19-27(28)34-6/h10-12,18-19,22H,7-9,13-17,20H2,1-6H3/q+1. The molecule has 1 fully saturated rings. The predicted molar refractivity (Wildman–Crippen MR) is 145 cm³/mol. The molecule has 196 valence electrons. The Morgan fingerprint density at radius 1 is 1.06 bits per heavy atom. The van der Waals surface area contributed by atoms with Gasteiger partial charge in [0.25, 0.3) is 0 Å². The number of aryl methyl sites for hydroxylation is 1. The molecule has 1 atom stereocenters. The van der Waals surface area contributed by atoms with Crippen molar-refractivity contribution in [3.63, 3.8) is 0 Å². The molecule has 1 unspecified atom stereocenters. The fraction of sp³-hybridized carbons (Fsp3) is 0.552. The molecule has 2 aromatic heterocycles. The number of ether oxygens (including phenoxy) is 4. The Kier molecular flexibility index (Phi) is 8.54. The van der Waals surface area contributed by atoms with Crippen LogP contribution in [-0.4, -0.2) is 63.3 Å². The average Bonchev–Trinajstić information content (AvgIpc) is 3.31. The van der Waals surface area contributed by atoms with Gasteiger partial charge < -0.3 is 18.9 Å². The molecular formula is C29H42N3O4+. The molecule has 0 aliphatic carbocycles. The van der Waals surface area contributed by atoms with Crippen LogP contribution in [0.15, 0.2) is 30.3 Å². The first kappa shape index (κ1) is 26.5. The maximum atomic E-state index is 5.88. The van der Waals surface area contributed by atoms with Gasteiger partial charge in [0.2, 0.25) is 0 Å². The molecule has 1 aliphatic heterocycles. The average molecular weight is 497 g/mol. The van der Waals surface area contributed by atoms with Crippen molar-refractivity contribution in [1.29, 1.82) is 0 Å². The third-order valence-electron chi connectivity index (χ3n) is 7.53. The molecule has 0 saturated carbocycles. The Hall–Kier alpha value is -2.61. The molecule has 0 radical (unpaired) electrons. The number of hydrogen-bond acceptors (Lipinski definition) is 5. The van der Waals surface area contributed by atoms with Crippen LogP contribution in [0.1, 0.15) is 51.3 Å². The van der Waals surface area contributed by atoms with Gasteiger partial charge in [-0.25, -0.2) is 4.52 Å². The highest BCUT2D eigenvalue weighted by Gasteiger charge is 2.40. The molecule has 3 aromatic rings. The summed E-state index contributed by atoms with van der Waals surface area (Å²) in [6.45, 7) is 10.4. The van der Waals surface area contributed by atoms with E-state index in [1.54, 1.807) is 14.2 Å². The van der Waals surface area contributed by atoms with Gasteiger partial charge in [-0.05, 0) is 49.6 Å². The quantitative estimate of drug-likeness (QED) is 0.322. The van der Waals surface area contributed by atoms with Crippen molar-refractivity contribution in [1.82, 2.24) is 14.1 Å². The van der Waals surface area contributed by atoms with E-state index in [4.69, 9.17) is 24.0 Å². The lowest BCUT2D eigenvalue weighted by molar-refractivity contribution is 0.0449. The number of methoxy groups -OCH3 is 2. The SMILES string of the molecule is CCC[N+](C)(c1c(CC)nn2c(-c3c(OC)cc(COCC)cc3OC)cccc12)C1CCOCC1. The fourth-order valence-corrected chi connectivity index (χ4v) is 5.81. The van der Waals surface area contributed by atoms with E-state index in [9.17, 15) is 0 Å². The zero-order valence-corrected chi connectivity index (χ0v) is 22.8. The molecule has 1 saturated heterocycles. The first-order valence-corrected chi connectivity index (χ1v) is 13.3. The zero-order chi connectivity index (χ0) is 25.7. The summed E-state index contributed by atoms with van der Waals surface area (Å²) in [4.78, 5) is 0. The molecule has 7 heteroatoms. The number of fused-ring (bicyclic) bond motifs is 1.